The van der Waals surface area contributed by atoms with Crippen LogP contribution in [0.1, 0.15) is 0 Å². The average molecular weight is 178 g/mol. The van der Waals surface area contributed by atoms with E-state index in [9.17, 15) is 4.79 Å². The van der Waals surface area contributed by atoms with Crippen molar-refractivity contribution in [3.05, 3.63) is 0 Å². The van der Waals surface area contributed by atoms with Crippen molar-refractivity contribution >= 4 is 34.6 Å². The highest BCUT2D eigenvalue weighted by Gasteiger charge is 1.97. The molecule has 0 aliphatic heterocycles. The topological polar surface area (TPSA) is 69.6 Å². The van der Waals surface area contributed by atoms with Gasteiger partial charge < -0.3 is 14.5 Å². The van der Waals surface area contributed by atoms with Crippen LogP contribution in [0.15, 0.2) is 0 Å². The number of rotatable bonds is 2. The summed E-state index contributed by atoms with van der Waals surface area (Å²) in [6.07, 6.45) is 0.338. The van der Waals surface area contributed by atoms with E-state index < -0.39 is 5.84 Å². The molecule has 0 aliphatic rings. The van der Waals surface area contributed by atoms with Gasteiger partial charge in [-0.15, -0.1) is 0 Å². The van der Waals surface area contributed by atoms with Crippen molar-refractivity contribution < 1.29 is 14.6 Å². The van der Waals surface area contributed by atoms with Gasteiger partial charge in [-0.05, 0) is 22.4 Å². The van der Waals surface area contributed by atoms with Gasteiger partial charge in [-0.1, -0.05) is 0 Å². The highest BCUT2D eigenvalue weighted by atomic mass is 35.7. The van der Waals surface area contributed by atoms with E-state index in [1.54, 1.807) is 0 Å². The maximum absolute atomic E-state index is 9.47. The van der Waals surface area contributed by atoms with Crippen LogP contribution in [-0.2, 0) is 15.9 Å². The van der Waals surface area contributed by atoms with E-state index in [-0.39, 0.29) is 11.1 Å². The third-order valence-electron chi connectivity index (χ3n) is 0.238. The van der Waals surface area contributed by atoms with E-state index in [0.717, 1.165) is 0 Å². The maximum Gasteiger partial charge on any atom is 0.251 e. The van der Waals surface area contributed by atoms with Crippen LogP contribution in [0.4, 0.5) is 0 Å². The van der Waals surface area contributed by atoms with Crippen molar-refractivity contribution in [2.24, 2.45) is 0 Å². The third-order valence-corrected chi connectivity index (χ3v) is 2.50. The zero-order chi connectivity index (χ0) is 6.62. The van der Waals surface area contributed by atoms with Gasteiger partial charge in [0.2, 0.25) is 6.41 Å². The van der Waals surface area contributed by atoms with Gasteiger partial charge in [0.15, 0.2) is 0 Å². The van der Waals surface area contributed by atoms with E-state index in [2.05, 4.69) is 0 Å². The van der Waals surface area contributed by atoms with Crippen molar-refractivity contribution in [1.82, 2.24) is 4.72 Å². The first-order chi connectivity index (χ1) is 3.56. The number of halogens is 1. The van der Waals surface area contributed by atoms with Crippen molar-refractivity contribution in [2.45, 2.75) is 0 Å². The summed E-state index contributed by atoms with van der Waals surface area (Å²) in [4.78, 5) is 26.2. The quantitative estimate of drug-likeness (QED) is 0.258. The van der Waals surface area contributed by atoms with Crippen LogP contribution >= 0.6 is 17.1 Å². The van der Waals surface area contributed by atoms with Gasteiger partial charge in [-0.3, -0.25) is 4.79 Å². The number of hydrogen-bond donors (Lipinski definition) is 4. The second kappa shape index (κ2) is 3.48. The second-order valence-electron chi connectivity index (χ2n) is 0.842. The third kappa shape index (κ3) is 6.46. The predicted molar refractivity (Wildman–Crippen MR) is 35.2 cm³/mol. The lowest BCUT2D eigenvalue weighted by Gasteiger charge is -1.97. The number of hydrogen-bond acceptors (Lipinski definition) is 1. The zero-order valence-corrected chi connectivity index (χ0v) is 6.20. The van der Waals surface area contributed by atoms with Gasteiger partial charge in [0.1, 0.15) is 0 Å². The molecule has 4 nitrogen and oxygen atoms in total. The Labute approximate surface area is 54.5 Å². The molecule has 0 saturated carbocycles. The fraction of sp³-hybridized carbons (Fsp3) is 0. The molecular formula is CH5ClNO3PS. The van der Waals surface area contributed by atoms with E-state index in [4.69, 9.17) is 21.0 Å². The molecule has 1 amide bonds. The Hall–Kier alpha value is 0.460. The Bertz CT molecular complexity index is 123. The Morgan fingerprint density at radius 2 is 2.25 bits per heavy atom. The molecule has 50 valence electrons. The minimum atomic E-state index is -3.33. The highest BCUT2D eigenvalue weighted by molar-refractivity contribution is 8.28. The summed E-state index contributed by atoms with van der Waals surface area (Å²) < 4.78 is 2.00. The summed E-state index contributed by atoms with van der Waals surface area (Å²) in [6, 6.07) is 0. The number of thiol groups is 1. The lowest BCUT2D eigenvalue weighted by Crippen LogP contribution is -2.01. The molecule has 0 rings (SSSR count). The molecule has 0 aromatic rings. The molecule has 0 bridgehead atoms. The first-order valence-corrected chi connectivity index (χ1v) is 5.72. The summed E-state index contributed by atoms with van der Waals surface area (Å²) in [5.41, 5.74) is 0. The van der Waals surface area contributed by atoms with Crippen LogP contribution in [0, 0.1) is 0 Å². The molecule has 0 aromatic carbocycles. The normalized spacial score (nSPS) is 10.9. The maximum atomic E-state index is 9.47. The molecule has 0 radical (unpaired) electrons. The van der Waals surface area contributed by atoms with Gasteiger partial charge in [0.25, 0.3) is 5.84 Å². The average Bonchev–Trinajstić information content (AvgIpc) is 1.59. The Kier molecular flexibility index (Phi) is 3.68. The lowest BCUT2D eigenvalue weighted by atomic mass is 11.5. The van der Waals surface area contributed by atoms with Crippen molar-refractivity contribution in [1.29, 1.82) is 0 Å². The standard InChI is InChI=1S/CH5ClNO3PS/c2-7(5,6)8-3-1-4/h1,5-6,8H,(H,3,4). The van der Waals surface area contributed by atoms with Crippen LogP contribution in [0.5, 0.6) is 0 Å². The lowest BCUT2D eigenvalue weighted by molar-refractivity contribution is -0.107. The smallest absolute Gasteiger partial charge is 0.251 e. The first-order valence-electron chi connectivity index (χ1n) is 1.52. The van der Waals surface area contributed by atoms with Crippen molar-refractivity contribution in [2.75, 3.05) is 0 Å². The molecule has 0 saturated heterocycles. The van der Waals surface area contributed by atoms with Crippen LogP contribution in [0.3, 0.4) is 0 Å². The Morgan fingerprint density at radius 3 is 2.38 bits per heavy atom. The molecular weight excluding hydrogens is 173 g/mol. The van der Waals surface area contributed by atoms with Crippen molar-refractivity contribution in [3.63, 3.8) is 0 Å². The monoisotopic (exact) mass is 177 g/mol. The van der Waals surface area contributed by atoms with Gasteiger partial charge in [0.05, 0.1) is 0 Å². The number of nitrogens with one attached hydrogen (secondary N) is 1. The first kappa shape index (κ1) is 8.46. The minimum Gasteiger partial charge on any atom is -0.337 e. The van der Waals surface area contributed by atoms with Gasteiger partial charge in [0, 0.05) is 0 Å². The SMILES string of the molecule is O=CN[SH]=P(O)(O)Cl. The zero-order valence-electron chi connectivity index (χ0n) is 3.65. The fourth-order valence-corrected chi connectivity index (χ4v) is 1.27. The van der Waals surface area contributed by atoms with E-state index in [1.165, 1.54) is 0 Å². The number of carbonyl (C=O) groups is 1. The van der Waals surface area contributed by atoms with E-state index in [0.29, 0.717) is 6.41 Å². The summed E-state index contributed by atoms with van der Waals surface area (Å²) in [5.74, 6) is -3.33. The van der Waals surface area contributed by atoms with Crippen LogP contribution in [0.25, 0.3) is 0 Å². The van der Waals surface area contributed by atoms with E-state index in [1.807, 2.05) is 4.72 Å². The fourth-order valence-electron chi connectivity index (χ4n) is 0.0970. The molecule has 8 heavy (non-hydrogen) atoms. The number of carbonyl (C=O) groups excluding carboxylic acids is 1. The minimum absolute atomic E-state index is 0.0428. The molecule has 3 N–H and O–H groups in total. The molecule has 0 fully saturated rings. The molecule has 0 heterocycles. The molecule has 0 unspecified atom stereocenters. The summed E-state index contributed by atoms with van der Waals surface area (Å²) in [6.45, 7) is 0. The predicted octanol–water partition coefficient (Wildman–Crippen LogP) is -0.637. The molecule has 0 aliphatic carbocycles. The molecule has 7 heteroatoms. The Morgan fingerprint density at radius 1 is 1.75 bits per heavy atom. The van der Waals surface area contributed by atoms with Crippen LogP contribution < -0.4 is 4.72 Å². The Balaban J connectivity index is 3.75. The summed E-state index contributed by atoms with van der Waals surface area (Å²) in [7, 11) is 0. The van der Waals surface area contributed by atoms with Gasteiger partial charge in [-0.25, -0.2) is 0 Å². The van der Waals surface area contributed by atoms with E-state index >= 15 is 0 Å². The summed E-state index contributed by atoms with van der Waals surface area (Å²) >= 11 is 4.86. The number of amides is 1. The second-order valence-corrected chi connectivity index (χ2v) is 6.69. The molecule has 0 atom stereocenters. The van der Waals surface area contributed by atoms with Gasteiger partial charge >= 0.3 is 0 Å². The van der Waals surface area contributed by atoms with Crippen molar-refractivity contribution in [3.8, 4) is 0 Å². The van der Waals surface area contributed by atoms with Crippen LogP contribution in [-0.4, -0.2) is 16.2 Å². The largest absolute Gasteiger partial charge is 0.337 e. The van der Waals surface area contributed by atoms with Crippen LogP contribution in [0.2, 0.25) is 0 Å². The molecule has 0 spiro atoms. The molecule has 0 aromatic heterocycles. The van der Waals surface area contributed by atoms with Gasteiger partial charge in [-0.2, -0.15) is 0 Å². The summed E-state index contributed by atoms with van der Waals surface area (Å²) in [5, 5.41) is 0. The highest BCUT2D eigenvalue weighted by Crippen LogP contribution is 2.42.